The van der Waals surface area contributed by atoms with Crippen LogP contribution in [-0.2, 0) is 25.7 Å². The summed E-state index contributed by atoms with van der Waals surface area (Å²) in [6, 6.07) is 18.1. The molecule has 4 aromatic rings. The lowest BCUT2D eigenvalue weighted by atomic mass is 9.83. The molecule has 0 spiro atoms. The molecular weight excluding hydrogens is 659 g/mol. The van der Waals surface area contributed by atoms with Crippen LogP contribution in [-0.4, -0.2) is 61.4 Å². The molecule has 0 bridgehead atoms. The van der Waals surface area contributed by atoms with E-state index in [1.807, 2.05) is 0 Å². The molecular formula is C34H31N3O9S2. The van der Waals surface area contributed by atoms with E-state index in [-0.39, 0.29) is 18.7 Å². The summed E-state index contributed by atoms with van der Waals surface area (Å²) in [6.07, 6.45) is 0. The van der Waals surface area contributed by atoms with E-state index >= 15 is 0 Å². The van der Waals surface area contributed by atoms with Crippen LogP contribution < -0.4 is 29.3 Å². The van der Waals surface area contributed by atoms with Crippen molar-refractivity contribution in [1.29, 1.82) is 0 Å². The molecule has 3 heterocycles. The lowest BCUT2D eigenvalue weighted by Crippen LogP contribution is -2.33. The molecule has 3 aromatic carbocycles. The van der Waals surface area contributed by atoms with E-state index in [1.54, 1.807) is 56.5 Å². The quantitative estimate of drug-likeness (QED) is 0.186. The van der Waals surface area contributed by atoms with Gasteiger partial charge in [0, 0.05) is 16.5 Å². The van der Waals surface area contributed by atoms with Crippen molar-refractivity contribution in [2.45, 2.75) is 29.7 Å². The number of methoxy groups -OCH3 is 3. The summed E-state index contributed by atoms with van der Waals surface area (Å²) in [5, 5.41) is 2.33. The van der Waals surface area contributed by atoms with E-state index in [9.17, 15) is 24.0 Å². The number of imide groups is 1. The van der Waals surface area contributed by atoms with Crippen molar-refractivity contribution in [3.8, 4) is 17.2 Å². The number of hydrogen-bond acceptors (Lipinski definition) is 11. The van der Waals surface area contributed by atoms with Crippen LogP contribution in [0.4, 0.5) is 11.4 Å². The van der Waals surface area contributed by atoms with Gasteiger partial charge in [0.2, 0.25) is 17.7 Å². The Bertz CT molecular complexity index is 1950. The van der Waals surface area contributed by atoms with Crippen molar-refractivity contribution in [1.82, 2.24) is 4.57 Å². The summed E-state index contributed by atoms with van der Waals surface area (Å²) >= 11 is 2.04. The monoisotopic (exact) mass is 689 g/mol. The highest BCUT2D eigenvalue weighted by molar-refractivity contribution is 8.00. The Morgan fingerprint density at radius 3 is 2.21 bits per heavy atom. The maximum Gasteiger partial charge on any atom is 0.338 e. The van der Waals surface area contributed by atoms with Crippen LogP contribution in [0.2, 0.25) is 0 Å². The summed E-state index contributed by atoms with van der Waals surface area (Å²) in [4.78, 5) is 68.5. The summed E-state index contributed by atoms with van der Waals surface area (Å²) in [6.45, 7) is 1.61. The SMILES string of the molecule is CCOC(=O)c1ccc(N2C(=O)C3Sc4c(sc(=O)n4CC(=O)Nc4ccc(OC)cc4)C(c4ccc(OC)c(OC)c4)C3C2=O)cc1. The van der Waals surface area contributed by atoms with Gasteiger partial charge in [-0.05, 0) is 73.2 Å². The molecule has 3 amide bonds. The van der Waals surface area contributed by atoms with E-state index in [1.165, 1.54) is 43.1 Å². The number of thioether (sulfide) groups is 1. The Balaban J connectivity index is 1.39. The number of anilines is 2. The largest absolute Gasteiger partial charge is 0.497 e. The van der Waals surface area contributed by atoms with Crippen molar-refractivity contribution in [2.75, 3.05) is 38.2 Å². The van der Waals surface area contributed by atoms with E-state index in [0.717, 1.165) is 28.0 Å². The molecule has 1 saturated heterocycles. The van der Waals surface area contributed by atoms with Crippen LogP contribution in [0.3, 0.4) is 0 Å². The molecule has 3 atom stereocenters. The number of ether oxygens (including phenoxy) is 4. The van der Waals surface area contributed by atoms with Crippen LogP contribution >= 0.6 is 23.1 Å². The van der Waals surface area contributed by atoms with Gasteiger partial charge >= 0.3 is 10.8 Å². The topological polar surface area (TPSA) is 142 Å². The highest BCUT2D eigenvalue weighted by atomic mass is 32.2. The van der Waals surface area contributed by atoms with Crippen molar-refractivity contribution < 1.29 is 38.1 Å². The van der Waals surface area contributed by atoms with Crippen LogP contribution in [0, 0.1) is 5.92 Å². The van der Waals surface area contributed by atoms with Gasteiger partial charge in [-0.1, -0.05) is 29.2 Å². The van der Waals surface area contributed by atoms with Gasteiger partial charge in [-0.3, -0.25) is 23.7 Å². The summed E-state index contributed by atoms with van der Waals surface area (Å²) in [5.41, 5.74) is 1.75. The van der Waals surface area contributed by atoms with Crippen LogP contribution in [0.15, 0.2) is 76.6 Å². The van der Waals surface area contributed by atoms with Crippen LogP contribution in [0.5, 0.6) is 17.2 Å². The number of fused-ring (bicyclic) bond motifs is 2. The van der Waals surface area contributed by atoms with Gasteiger partial charge in [0.05, 0.1) is 50.1 Å². The standard InChI is InChI=1S/C34H31N3O9S2/c1-5-46-33(41)18-6-11-21(12-7-18)37-30(39)27-26(19-8-15-23(44-3)24(16-19)45-4)29-32(47-28(27)31(37)40)36(34(42)48-29)17-25(38)35-20-9-13-22(43-2)14-10-20/h6-16,26-28H,5,17H2,1-4H3,(H,35,38). The first-order valence-electron chi connectivity index (χ1n) is 14.9. The Morgan fingerprint density at radius 2 is 1.56 bits per heavy atom. The molecule has 1 N–H and O–H groups in total. The van der Waals surface area contributed by atoms with E-state index in [2.05, 4.69) is 5.32 Å². The smallest absolute Gasteiger partial charge is 0.338 e. The number of rotatable bonds is 10. The Morgan fingerprint density at radius 1 is 0.854 bits per heavy atom. The fourth-order valence-corrected chi connectivity index (χ4v) is 8.67. The predicted octanol–water partition coefficient (Wildman–Crippen LogP) is 4.55. The number of carbonyl (C=O) groups is 4. The predicted molar refractivity (Wildman–Crippen MR) is 180 cm³/mol. The molecule has 0 radical (unpaired) electrons. The zero-order valence-corrected chi connectivity index (χ0v) is 28.0. The fraction of sp³-hybridized carbons (Fsp3) is 0.265. The summed E-state index contributed by atoms with van der Waals surface area (Å²) in [7, 11) is 4.55. The third kappa shape index (κ3) is 5.92. The van der Waals surface area contributed by atoms with Crippen LogP contribution in [0.25, 0.3) is 0 Å². The molecule has 0 aliphatic carbocycles. The normalized spacial score (nSPS) is 18.2. The first kappa shape index (κ1) is 32.8. The van der Waals surface area contributed by atoms with Crippen molar-refractivity contribution in [3.63, 3.8) is 0 Å². The zero-order chi connectivity index (χ0) is 34.1. The third-order valence-electron chi connectivity index (χ3n) is 8.13. The van der Waals surface area contributed by atoms with Crippen LogP contribution in [0.1, 0.15) is 33.6 Å². The lowest BCUT2D eigenvalue weighted by Gasteiger charge is -2.31. The number of carbonyl (C=O) groups excluding carboxylic acids is 4. The molecule has 12 nitrogen and oxygen atoms in total. The summed E-state index contributed by atoms with van der Waals surface area (Å²) in [5.74, 6) is -1.94. The third-order valence-corrected chi connectivity index (χ3v) is 10.7. The van der Waals surface area contributed by atoms with Gasteiger partial charge in [-0.2, -0.15) is 0 Å². The number of hydrogen-bond donors (Lipinski definition) is 1. The second-order valence-corrected chi connectivity index (χ2v) is 13.0. The van der Waals surface area contributed by atoms with Gasteiger partial charge in [0.25, 0.3) is 0 Å². The molecule has 48 heavy (non-hydrogen) atoms. The highest BCUT2D eigenvalue weighted by Gasteiger charge is 2.57. The van der Waals surface area contributed by atoms with Gasteiger partial charge in [0.15, 0.2) is 11.5 Å². The number of esters is 1. The number of nitrogens with one attached hydrogen (secondary N) is 1. The molecule has 1 fully saturated rings. The molecule has 0 saturated carbocycles. The number of thiazole rings is 1. The van der Waals surface area contributed by atoms with E-state index < -0.39 is 45.6 Å². The maximum atomic E-state index is 14.3. The fourth-order valence-electron chi connectivity index (χ4n) is 5.89. The van der Waals surface area contributed by atoms with Crippen molar-refractivity contribution >= 4 is 58.2 Å². The number of aromatic nitrogens is 1. The van der Waals surface area contributed by atoms with Gasteiger partial charge in [-0.25, -0.2) is 9.69 Å². The lowest BCUT2D eigenvalue weighted by molar-refractivity contribution is -0.122. The van der Waals surface area contributed by atoms with E-state index in [0.29, 0.717) is 44.1 Å². The first-order chi connectivity index (χ1) is 23.2. The summed E-state index contributed by atoms with van der Waals surface area (Å²) < 4.78 is 22.6. The zero-order valence-electron chi connectivity index (χ0n) is 26.4. The Hall–Kier alpha value is -5.08. The second kappa shape index (κ2) is 13.6. The molecule has 6 rings (SSSR count). The minimum atomic E-state index is -0.905. The average Bonchev–Trinajstić information content (AvgIpc) is 3.54. The second-order valence-electron chi connectivity index (χ2n) is 10.8. The van der Waals surface area contributed by atoms with Crippen molar-refractivity contribution in [3.05, 3.63) is 92.4 Å². The average molecular weight is 690 g/mol. The van der Waals surface area contributed by atoms with Crippen molar-refractivity contribution in [2.24, 2.45) is 5.92 Å². The molecule has 1 aromatic heterocycles. The molecule has 2 aliphatic rings. The highest BCUT2D eigenvalue weighted by Crippen LogP contribution is 2.54. The molecule has 3 unspecified atom stereocenters. The van der Waals surface area contributed by atoms with Gasteiger partial charge < -0.3 is 24.3 Å². The number of amides is 3. The molecule has 248 valence electrons. The Kier molecular flexibility index (Phi) is 9.29. The number of nitrogens with zero attached hydrogens (tertiary/aromatic N) is 2. The minimum absolute atomic E-state index is 0.208. The maximum absolute atomic E-state index is 14.3. The van der Waals surface area contributed by atoms with Gasteiger partial charge in [-0.15, -0.1) is 0 Å². The molecule has 2 aliphatic heterocycles. The minimum Gasteiger partial charge on any atom is -0.497 e. The van der Waals surface area contributed by atoms with E-state index in [4.69, 9.17) is 18.9 Å². The first-order valence-corrected chi connectivity index (χ1v) is 16.6. The number of benzene rings is 3. The Labute approximate surface area is 283 Å². The van der Waals surface area contributed by atoms with Gasteiger partial charge in [0.1, 0.15) is 17.5 Å². The molecule has 14 heteroatoms.